The molecule has 0 aliphatic heterocycles. The molecule has 64 heavy (non-hydrogen) atoms. The number of benzene rings is 7. The molecule has 9 aromatic rings. The number of aryl methyl sites for hydroxylation is 2. The molecular formula is C58H48N4O2+2. The summed E-state index contributed by atoms with van der Waals surface area (Å²) >= 11 is 0. The predicted octanol–water partition coefficient (Wildman–Crippen LogP) is 12.8. The standard InChI is InChI=1S/C58H46N4O2/c1-3-61-37-33-51(34-38-61)47-17-13-43(14-18-47)41-5-9-45(10-6-41)49-25-29-55(30-26-49)59-57(63)53-21-23-54(24-22-53)58(64)60-56-31-27-50(28-32-56)46-11-7-42(8-12-46)44-15-19-48(20-16-44)52-35-39-62(4-2)40-36-52/h5-40H,3-4H2,1-2H3/p+2. The van der Waals surface area contributed by atoms with Crippen molar-refractivity contribution in [1.29, 1.82) is 0 Å². The largest absolute Gasteiger partial charge is 0.322 e. The van der Waals surface area contributed by atoms with Gasteiger partial charge in [0.15, 0.2) is 24.8 Å². The summed E-state index contributed by atoms with van der Waals surface area (Å²) in [6, 6.07) is 65.3. The van der Waals surface area contributed by atoms with E-state index in [1.54, 1.807) is 24.3 Å². The van der Waals surface area contributed by atoms with Crippen molar-refractivity contribution in [3.8, 4) is 66.8 Å². The number of aromatic nitrogens is 2. The van der Waals surface area contributed by atoms with Crippen LogP contribution in [0.4, 0.5) is 11.4 Å². The summed E-state index contributed by atoms with van der Waals surface area (Å²) in [4.78, 5) is 26.3. The number of anilines is 2. The first kappa shape index (κ1) is 41.1. The first-order chi connectivity index (χ1) is 31.4. The van der Waals surface area contributed by atoms with E-state index in [1.807, 2.05) is 48.5 Å². The topological polar surface area (TPSA) is 66.0 Å². The lowest BCUT2D eigenvalue weighted by molar-refractivity contribution is -0.693. The molecule has 2 amide bonds. The zero-order valence-electron chi connectivity index (χ0n) is 35.9. The minimum atomic E-state index is -0.249. The molecule has 2 N–H and O–H groups in total. The maximum Gasteiger partial charge on any atom is 0.255 e. The fraction of sp³-hybridized carbons (Fsp3) is 0.0690. The summed E-state index contributed by atoms with van der Waals surface area (Å²) in [5, 5.41) is 5.95. The van der Waals surface area contributed by atoms with Crippen LogP contribution in [0.15, 0.2) is 219 Å². The minimum Gasteiger partial charge on any atom is -0.322 e. The van der Waals surface area contributed by atoms with Crippen molar-refractivity contribution >= 4 is 23.2 Å². The number of hydrogen-bond acceptors (Lipinski definition) is 2. The summed E-state index contributed by atoms with van der Waals surface area (Å²) in [6.07, 6.45) is 8.44. The van der Waals surface area contributed by atoms with E-state index in [0.717, 1.165) is 57.6 Å². The summed E-state index contributed by atoms with van der Waals surface area (Å²) in [7, 11) is 0. The van der Waals surface area contributed by atoms with Crippen LogP contribution in [0.1, 0.15) is 34.6 Å². The van der Waals surface area contributed by atoms with Gasteiger partial charge in [-0.2, -0.15) is 0 Å². The van der Waals surface area contributed by atoms with Crippen molar-refractivity contribution in [1.82, 2.24) is 0 Å². The van der Waals surface area contributed by atoms with Crippen molar-refractivity contribution in [2.75, 3.05) is 10.6 Å². The second-order valence-electron chi connectivity index (χ2n) is 15.8. The van der Waals surface area contributed by atoms with Crippen LogP contribution in [-0.4, -0.2) is 11.8 Å². The fourth-order valence-corrected chi connectivity index (χ4v) is 7.81. The highest BCUT2D eigenvalue weighted by molar-refractivity contribution is 6.07. The lowest BCUT2D eigenvalue weighted by Gasteiger charge is -2.10. The first-order valence-corrected chi connectivity index (χ1v) is 21.7. The minimum absolute atomic E-state index is 0.249. The quantitative estimate of drug-likeness (QED) is 0.120. The molecular weight excluding hydrogens is 785 g/mol. The van der Waals surface area contributed by atoms with Crippen molar-refractivity contribution in [3.63, 3.8) is 0 Å². The monoisotopic (exact) mass is 832 g/mol. The molecule has 0 saturated heterocycles. The number of carbonyl (C=O) groups excluding carboxylic acids is 2. The third-order valence-corrected chi connectivity index (χ3v) is 11.7. The Labute approximate surface area is 374 Å². The Kier molecular flexibility index (Phi) is 12.1. The molecule has 0 bridgehead atoms. The van der Waals surface area contributed by atoms with Crippen molar-refractivity contribution in [3.05, 3.63) is 230 Å². The van der Waals surface area contributed by atoms with E-state index in [2.05, 4.69) is 180 Å². The van der Waals surface area contributed by atoms with Gasteiger partial charge in [-0.15, -0.1) is 0 Å². The molecule has 0 radical (unpaired) electrons. The summed E-state index contributed by atoms with van der Waals surface area (Å²) in [5.74, 6) is -0.498. The van der Waals surface area contributed by atoms with Crippen LogP contribution in [0, 0.1) is 0 Å². The van der Waals surface area contributed by atoms with Gasteiger partial charge in [-0.3, -0.25) is 9.59 Å². The number of nitrogens with one attached hydrogen (secondary N) is 2. The Morgan fingerprint density at radius 2 is 0.484 bits per heavy atom. The molecule has 0 atom stereocenters. The Bertz CT molecular complexity index is 2790. The zero-order valence-corrected chi connectivity index (χ0v) is 35.9. The van der Waals surface area contributed by atoms with E-state index in [9.17, 15) is 9.59 Å². The van der Waals surface area contributed by atoms with Gasteiger partial charge in [-0.25, -0.2) is 9.13 Å². The van der Waals surface area contributed by atoms with Gasteiger partial charge >= 0.3 is 0 Å². The fourth-order valence-electron chi connectivity index (χ4n) is 7.81. The van der Waals surface area contributed by atoms with Gasteiger partial charge in [-0.05, 0) is 129 Å². The molecule has 2 heterocycles. The van der Waals surface area contributed by atoms with E-state index < -0.39 is 0 Å². The number of amides is 2. The average molecular weight is 833 g/mol. The van der Waals surface area contributed by atoms with Gasteiger partial charge in [0.25, 0.3) is 11.8 Å². The maximum absolute atomic E-state index is 13.1. The molecule has 6 nitrogen and oxygen atoms in total. The molecule has 0 fully saturated rings. The van der Waals surface area contributed by atoms with Gasteiger partial charge in [0.2, 0.25) is 0 Å². The van der Waals surface area contributed by atoms with E-state index >= 15 is 0 Å². The van der Waals surface area contributed by atoms with Crippen LogP contribution in [0.3, 0.4) is 0 Å². The smallest absolute Gasteiger partial charge is 0.255 e. The van der Waals surface area contributed by atoms with E-state index in [-0.39, 0.29) is 11.8 Å². The molecule has 0 aliphatic carbocycles. The van der Waals surface area contributed by atoms with Crippen molar-refractivity contribution in [2.24, 2.45) is 0 Å². The average Bonchev–Trinajstić information content (AvgIpc) is 3.37. The van der Waals surface area contributed by atoms with Crippen LogP contribution < -0.4 is 19.8 Å². The highest BCUT2D eigenvalue weighted by Crippen LogP contribution is 2.30. The highest BCUT2D eigenvalue weighted by atomic mass is 16.2. The van der Waals surface area contributed by atoms with E-state index in [1.165, 1.54) is 22.3 Å². The number of nitrogens with zero attached hydrogens (tertiary/aromatic N) is 2. The zero-order chi connectivity index (χ0) is 43.8. The first-order valence-electron chi connectivity index (χ1n) is 21.7. The van der Waals surface area contributed by atoms with Gasteiger partial charge in [0, 0.05) is 46.8 Å². The molecule has 310 valence electrons. The Balaban J connectivity index is 0.757. The molecule has 0 aliphatic rings. The van der Waals surface area contributed by atoms with Crippen LogP contribution in [-0.2, 0) is 13.1 Å². The molecule has 7 aromatic carbocycles. The molecule has 2 aromatic heterocycles. The molecule has 6 heteroatoms. The van der Waals surface area contributed by atoms with Crippen molar-refractivity contribution < 1.29 is 18.7 Å². The molecule has 0 spiro atoms. The lowest BCUT2D eigenvalue weighted by Crippen LogP contribution is -2.30. The number of hydrogen-bond donors (Lipinski definition) is 2. The second kappa shape index (κ2) is 18.8. The van der Waals surface area contributed by atoms with Gasteiger partial charge in [-0.1, -0.05) is 121 Å². The lowest BCUT2D eigenvalue weighted by atomic mass is 9.98. The summed E-state index contributed by atoms with van der Waals surface area (Å²) < 4.78 is 4.31. The predicted molar refractivity (Wildman–Crippen MR) is 260 cm³/mol. The Hall–Kier alpha value is -8.22. The Morgan fingerprint density at radius 3 is 0.688 bits per heavy atom. The van der Waals surface area contributed by atoms with Crippen molar-refractivity contribution in [2.45, 2.75) is 26.9 Å². The summed E-state index contributed by atoms with van der Waals surface area (Å²) in [5.41, 5.74) is 16.0. The van der Waals surface area contributed by atoms with Gasteiger partial charge in [0.05, 0.1) is 0 Å². The molecule has 9 rings (SSSR count). The highest BCUT2D eigenvalue weighted by Gasteiger charge is 2.12. The van der Waals surface area contributed by atoms with Crippen LogP contribution in [0.5, 0.6) is 0 Å². The third kappa shape index (κ3) is 9.47. The second-order valence-corrected chi connectivity index (χ2v) is 15.8. The van der Waals surface area contributed by atoms with E-state index in [0.29, 0.717) is 22.5 Å². The Morgan fingerprint density at radius 1 is 0.297 bits per heavy atom. The van der Waals surface area contributed by atoms with Crippen LogP contribution in [0.25, 0.3) is 66.8 Å². The van der Waals surface area contributed by atoms with Crippen LogP contribution >= 0.6 is 0 Å². The number of carbonyl (C=O) groups is 2. The third-order valence-electron chi connectivity index (χ3n) is 11.7. The van der Waals surface area contributed by atoms with Crippen LogP contribution in [0.2, 0.25) is 0 Å². The number of pyridine rings is 2. The summed E-state index contributed by atoms with van der Waals surface area (Å²) in [6.45, 7) is 6.19. The SMILES string of the molecule is CC[n+]1ccc(-c2ccc(-c3ccc(-c4ccc(NC(=O)c5ccc(C(=O)Nc6ccc(-c7ccc(-c8ccc(-c9cc[n+](CC)cc9)cc8)cc7)cc6)cc5)cc4)cc3)cc2)cc1. The molecule has 0 saturated carbocycles. The van der Waals surface area contributed by atoms with Gasteiger partial charge < -0.3 is 10.6 Å². The maximum atomic E-state index is 13.1. The molecule has 0 unspecified atom stereocenters. The van der Waals surface area contributed by atoms with Gasteiger partial charge in [0.1, 0.15) is 13.1 Å². The number of rotatable bonds is 12. The normalized spacial score (nSPS) is 10.9. The van der Waals surface area contributed by atoms with E-state index in [4.69, 9.17) is 0 Å².